The van der Waals surface area contributed by atoms with Crippen LogP contribution in [0.15, 0.2) is 35.9 Å². The number of unbranched alkanes of at least 4 members (excludes halogenated alkanes) is 1. The first-order valence-corrected chi connectivity index (χ1v) is 11.9. The molecule has 1 aliphatic carbocycles. The van der Waals surface area contributed by atoms with E-state index in [1.165, 1.54) is 16.7 Å². The summed E-state index contributed by atoms with van der Waals surface area (Å²) >= 11 is 0. The first kappa shape index (κ1) is 24.4. The van der Waals surface area contributed by atoms with E-state index < -0.39 is 0 Å². The lowest BCUT2D eigenvalue weighted by Gasteiger charge is -2.34. The number of hydrogen-bond donors (Lipinski definition) is 1. The molecule has 30 heavy (non-hydrogen) atoms. The number of aryl methyl sites for hydroxylation is 1. The van der Waals surface area contributed by atoms with Gasteiger partial charge in [-0.2, -0.15) is 0 Å². The van der Waals surface area contributed by atoms with Crippen molar-refractivity contribution < 1.29 is 9.59 Å². The number of nitrogens with one attached hydrogen (secondary N) is 1. The van der Waals surface area contributed by atoms with Crippen molar-refractivity contribution in [2.24, 2.45) is 17.8 Å². The second kappa shape index (κ2) is 12.7. The zero-order chi connectivity index (χ0) is 21.9. The minimum Gasteiger partial charge on any atom is -0.356 e. The van der Waals surface area contributed by atoms with Crippen molar-refractivity contribution in [3.63, 3.8) is 0 Å². The molecule has 0 aliphatic heterocycles. The van der Waals surface area contributed by atoms with Crippen LogP contribution in [0.2, 0.25) is 0 Å². The molecule has 0 bridgehead atoms. The summed E-state index contributed by atoms with van der Waals surface area (Å²) in [5.74, 6) is 1.15. The summed E-state index contributed by atoms with van der Waals surface area (Å²) in [6, 6.07) is 8.46. The van der Waals surface area contributed by atoms with Crippen LogP contribution in [0, 0.1) is 24.7 Å². The molecule has 3 heteroatoms. The van der Waals surface area contributed by atoms with Crippen LogP contribution < -0.4 is 5.32 Å². The van der Waals surface area contributed by atoms with E-state index in [1.807, 2.05) is 0 Å². The Balaban J connectivity index is 1.89. The highest BCUT2D eigenvalue weighted by Gasteiger charge is 2.36. The molecule has 3 unspecified atom stereocenters. The summed E-state index contributed by atoms with van der Waals surface area (Å²) in [6.45, 7) is 9.26. The molecule has 0 spiro atoms. The lowest BCUT2D eigenvalue weighted by molar-refractivity contribution is -0.130. The van der Waals surface area contributed by atoms with Gasteiger partial charge in [-0.15, -0.1) is 0 Å². The van der Waals surface area contributed by atoms with Crippen molar-refractivity contribution in [1.82, 2.24) is 5.32 Å². The van der Waals surface area contributed by atoms with E-state index in [2.05, 4.69) is 63.4 Å². The Kier molecular flexibility index (Phi) is 10.3. The van der Waals surface area contributed by atoms with Crippen molar-refractivity contribution in [3.05, 3.63) is 47.0 Å². The zero-order valence-electron chi connectivity index (χ0n) is 19.5. The minimum absolute atomic E-state index is 0.0422. The van der Waals surface area contributed by atoms with Crippen molar-refractivity contribution in [2.45, 2.75) is 85.5 Å². The van der Waals surface area contributed by atoms with Crippen LogP contribution >= 0.6 is 0 Å². The number of rotatable bonds is 11. The third-order valence-corrected chi connectivity index (χ3v) is 6.62. The van der Waals surface area contributed by atoms with Gasteiger partial charge in [-0.25, -0.2) is 0 Å². The lowest BCUT2D eigenvalue weighted by Crippen LogP contribution is -2.37. The average molecular weight is 412 g/mol. The summed E-state index contributed by atoms with van der Waals surface area (Å²) in [6.07, 6.45) is 10.5. The van der Waals surface area contributed by atoms with Gasteiger partial charge in [0.05, 0.1) is 0 Å². The SMILES string of the molecule is CCCC=C(C)CCC1C(=O)CC(CC)CC1CC(=O)NCCc1ccc(C)cc1. The van der Waals surface area contributed by atoms with Gasteiger partial charge in [0.2, 0.25) is 5.91 Å². The fraction of sp³-hybridized carbons (Fsp3) is 0.630. The second-order valence-corrected chi connectivity index (χ2v) is 9.21. The van der Waals surface area contributed by atoms with E-state index in [4.69, 9.17) is 0 Å². The summed E-state index contributed by atoms with van der Waals surface area (Å²) in [5, 5.41) is 3.09. The normalized spacial score (nSPS) is 22.2. The molecule has 0 aromatic heterocycles. The molecule has 1 aliphatic rings. The predicted octanol–water partition coefficient (Wildman–Crippen LogP) is 6.19. The molecule has 3 nitrogen and oxygen atoms in total. The molecule has 1 aromatic rings. The highest BCUT2D eigenvalue weighted by Crippen LogP contribution is 2.38. The maximum absolute atomic E-state index is 12.9. The number of allylic oxidation sites excluding steroid dienone is 2. The number of benzene rings is 1. The zero-order valence-corrected chi connectivity index (χ0v) is 19.5. The average Bonchev–Trinajstić information content (AvgIpc) is 2.72. The molecular weight excluding hydrogens is 370 g/mol. The molecular formula is C27H41NO2. The van der Waals surface area contributed by atoms with Gasteiger partial charge < -0.3 is 5.32 Å². The Bertz CT molecular complexity index is 704. The first-order valence-electron chi connectivity index (χ1n) is 11.9. The standard InChI is InChI=1S/C27H41NO2/c1-5-7-8-20(3)11-14-25-24(17-22(6-2)18-26(25)29)19-27(30)28-16-15-23-12-9-21(4)10-13-23/h8-10,12-13,22,24-25H,5-7,11,14-19H2,1-4H3,(H,28,30). The summed E-state index contributed by atoms with van der Waals surface area (Å²) in [5.41, 5.74) is 3.87. The monoisotopic (exact) mass is 411 g/mol. The smallest absolute Gasteiger partial charge is 0.220 e. The number of ketones is 1. The van der Waals surface area contributed by atoms with Crippen LogP contribution in [0.4, 0.5) is 0 Å². The fourth-order valence-corrected chi connectivity index (χ4v) is 4.60. The van der Waals surface area contributed by atoms with Crippen LogP contribution in [0.5, 0.6) is 0 Å². The number of hydrogen-bond acceptors (Lipinski definition) is 2. The Morgan fingerprint density at radius 1 is 1.20 bits per heavy atom. The predicted molar refractivity (Wildman–Crippen MR) is 125 cm³/mol. The Labute approximate surface area is 183 Å². The maximum Gasteiger partial charge on any atom is 0.220 e. The Morgan fingerprint density at radius 2 is 1.93 bits per heavy atom. The number of carbonyl (C=O) groups excluding carboxylic acids is 2. The van der Waals surface area contributed by atoms with Gasteiger partial charge in [-0.3, -0.25) is 9.59 Å². The molecule has 1 fully saturated rings. The molecule has 0 radical (unpaired) electrons. The molecule has 1 amide bonds. The Morgan fingerprint density at radius 3 is 2.60 bits per heavy atom. The second-order valence-electron chi connectivity index (χ2n) is 9.21. The highest BCUT2D eigenvalue weighted by atomic mass is 16.1. The number of amides is 1. The van der Waals surface area contributed by atoms with Gasteiger partial charge in [-0.05, 0) is 63.4 Å². The molecule has 166 valence electrons. The summed E-state index contributed by atoms with van der Waals surface area (Å²) < 4.78 is 0. The molecule has 0 heterocycles. The molecule has 1 N–H and O–H groups in total. The summed E-state index contributed by atoms with van der Waals surface area (Å²) in [4.78, 5) is 25.5. The van der Waals surface area contributed by atoms with Crippen molar-refractivity contribution in [2.75, 3.05) is 6.54 Å². The van der Waals surface area contributed by atoms with E-state index in [9.17, 15) is 9.59 Å². The van der Waals surface area contributed by atoms with Gasteiger partial charge >= 0.3 is 0 Å². The maximum atomic E-state index is 12.9. The van der Waals surface area contributed by atoms with Crippen LogP contribution in [0.25, 0.3) is 0 Å². The van der Waals surface area contributed by atoms with E-state index >= 15 is 0 Å². The van der Waals surface area contributed by atoms with Gasteiger partial charge in [0.15, 0.2) is 0 Å². The quantitative estimate of drug-likeness (QED) is 0.441. The molecule has 0 saturated heterocycles. The number of Topliss-reactive ketones (excluding diaryl/α,β-unsaturated/α-hetero) is 1. The van der Waals surface area contributed by atoms with Crippen LogP contribution in [-0.4, -0.2) is 18.2 Å². The number of carbonyl (C=O) groups is 2. The van der Waals surface area contributed by atoms with E-state index in [0.29, 0.717) is 31.1 Å². The molecule has 3 atom stereocenters. The third-order valence-electron chi connectivity index (χ3n) is 6.62. The van der Waals surface area contributed by atoms with E-state index in [0.717, 1.165) is 44.9 Å². The van der Waals surface area contributed by atoms with Gasteiger partial charge in [0.1, 0.15) is 5.78 Å². The highest BCUT2D eigenvalue weighted by molar-refractivity contribution is 5.84. The van der Waals surface area contributed by atoms with E-state index in [-0.39, 0.29) is 17.7 Å². The topological polar surface area (TPSA) is 46.2 Å². The molecule has 1 saturated carbocycles. The largest absolute Gasteiger partial charge is 0.356 e. The van der Waals surface area contributed by atoms with E-state index in [1.54, 1.807) is 0 Å². The Hall–Kier alpha value is -1.90. The van der Waals surface area contributed by atoms with Crippen LogP contribution in [-0.2, 0) is 16.0 Å². The van der Waals surface area contributed by atoms with Crippen LogP contribution in [0.3, 0.4) is 0 Å². The van der Waals surface area contributed by atoms with Gasteiger partial charge in [0, 0.05) is 25.3 Å². The van der Waals surface area contributed by atoms with Crippen molar-refractivity contribution in [1.29, 1.82) is 0 Å². The lowest BCUT2D eigenvalue weighted by atomic mass is 9.69. The van der Waals surface area contributed by atoms with Gasteiger partial charge in [0.25, 0.3) is 0 Å². The van der Waals surface area contributed by atoms with Crippen molar-refractivity contribution in [3.8, 4) is 0 Å². The minimum atomic E-state index is 0.0422. The first-order chi connectivity index (χ1) is 14.4. The van der Waals surface area contributed by atoms with Crippen molar-refractivity contribution >= 4 is 11.7 Å². The van der Waals surface area contributed by atoms with Gasteiger partial charge in [-0.1, -0.05) is 68.2 Å². The fourth-order valence-electron chi connectivity index (χ4n) is 4.60. The molecule has 2 rings (SSSR count). The molecule has 1 aromatic carbocycles. The third kappa shape index (κ3) is 8.08. The summed E-state index contributed by atoms with van der Waals surface area (Å²) in [7, 11) is 0. The van der Waals surface area contributed by atoms with Crippen LogP contribution in [0.1, 0.15) is 83.3 Å².